The van der Waals surface area contributed by atoms with Crippen molar-refractivity contribution in [2.45, 2.75) is 38.5 Å². The molecule has 1 aromatic heterocycles. The molecule has 0 aliphatic heterocycles. The minimum atomic E-state index is 0.557. The molecule has 14 heavy (non-hydrogen) atoms. The number of halogens is 1. The van der Waals surface area contributed by atoms with E-state index in [4.69, 9.17) is 11.6 Å². The normalized spacial score (nSPS) is 17.5. The summed E-state index contributed by atoms with van der Waals surface area (Å²) in [6, 6.07) is 1.87. The van der Waals surface area contributed by atoms with Gasteiger partial charge in [-0.25, -0.2) is 9.97 Å². The van der Waals surface area contributed by atoms with Crippen LogP contribution in [0.3, 0.4) is 0 Å². The van der Waals surface area contributed by atoms with Crippen LogP contribution in [-0.4, -0.2) is 9.97 Å². The Balaban J connectivity index is 1.85. The SMILES string of the molecule is Clc1cc(CCC2CCCC2)ncn1. The van der Waals surface area contributed by atoms with Crippen LogP contribution in [0.25, 0.3) is 0 Å². The van der Waals surface area contributed by atoms with Crippen molar-refractivity contribution >= 4 is 11.6 Å². The Morgan fingerprint density at radius 2 is 2.07 bits per heavy atom. The lowest BCUT2D eigenvalue weighted by Crippen LogP contribution is -1.98. The van der Waals surface area contributed by atoms with E-state index in [2.05, 4.69) is 9.97 Å². The average Bonchev–Trinajstić information content (AvgIpc) is 2.67. The number of rotatable bonds is 3. The van der Waals surface area contributed by atoms with Gasteiger partial charge in [0.2, 0.25) is 0 Å². The molecular formula is C11H15ClN2. The summed E-state index contributed by atoms with van der Waals surface area (Å²) in [5.74, 6) is 0.920. The lowest BCUT2D eigenvalue weighted by Gasteiger charge is -2.07. The molecule has 1 aliphatic carbocycles. The first-order chi connectivity index (χ1) is 6.84. The lowest BCUT2D eigenvalue weighted by molar-refractivity contribution is 0.500. The van der Waals surface area contributed by atoms with Crippen molar-refractivity contribution in [1.29, 1.82) is 0 Å². The Hall–Kier alpha value is -0.630. The Bertz CT molecular complexity index is 295. The van der Waals surface area contributed by atoms with Gasteiger partial charge in [-0.15, -0.1) is 0 Å². The average molecular weight is 211 g/mol. The topological polar surface area (TPSA) is 25.8 Å². The Kier molecular flexibility index (Phi) is 3.35. The molecule has 0 bridgehead atoms. The molecule has 1 saturated carbocycles. The van der Waals surface area contributed by atoms with Crippen LogP contribution in [0.1, 0.15) is 37.8 Å². The second-order valence-electron chi connectivity index (χ2n) is 4.02. The van der Waals surface area contributed by atoms with E-state index in [0.717, 1.165) is 18.0 Å². The molecule has 0 spiro atoms. The molecule has 0 atom stereocenters. The van der Waals surface area contributed by atoms with E-state index >= 15 is 0 Å². The van der Waals surface area contributed by atoms with Gasteiger partial charge in [-0.2, -0.15) is 0 Å². The molecular weight excluding hydrogens is 196 g/mol. The Morgan fingerprint density at radius 3 is 2.79 bits per heavy atom. The number of aromatic nitrogens is 2. The molecule has 0 N–H and O–H groups in total. The summed E-state index contributed by atoms with van der Waals surface area (Å²) in [6.45, 7) is 0. The Morgan fingerprint density at radius 1 is 1.29 bits per heavy atom. The fraction of sp³-hybridized carbons (Fsp3) is 0.636. The summed E-state index contributed by atoms with van der Waals surface area (Å²) in [5, 5.41) is 0.557. The van der Waals surface area contributed by atoms with Gasteiger partial charge in [0, 0.05) is 5.69 Å². The highest BCUT2D eigenvalue weighted by Gasteiger charge is 2.14. The quantitative estimate of drug-likeness (QED) is 0.716. The predicted octanol–water partition coefficient (Wildman–Crippen LogP) is 3.25. The third-order valence-corrected chi connectivity index (χ3v) is 3.18. The molecule has 2 rings (SSSR count). The van der Waals surface area contributed by atoms with E-state index in [9.17, 15) is 0 Å². The van der Waals surface area contributed by atoms with Gasteiger partial charge < -0.3 is 0 Å². The molecule has 0 aromatic carbocycles. The Labute approximate surface area is 89.7 Å². The number of hydrogen-bond donors (Lipinski definition) is 0. The molecule has 3 heteroatoms. The van der Waals surface area contributed by atoms with E-state index in [0.29, 0.717) is 5.15 Å². The fourth-order valence-electron chi connectivity index (χ4n) is 2.16. The molecule has 0 amide bonds. The van der Waals surface area contributed by atoms with E-state index in [1.54, 1.807) is 6.33 Å². The minimum Gasteiger partial charge on any atom is -0.241 e. The second-order valence-corrected chi connectivity index (χ2v) is 4.41. The van der Waals surface area contributed by atoms with E-state index in [-0.39, 0.29) is 0 Å². The van der Waals surface area contributed by atoms with E-state index in [1.165, 1.54) is 32.1 Å². The molecule has 1 aromatic rings. The van der Waals surface area contributed by atoms with Gasteiger partial charge in [-0.05, 0) is 24.8 Å². The smallest absolute Gasteiger partial charge is 0.132 e. The van der Waals surface area contributed by atoms with Crippen LogP contribution in [0.15, 0.2) is 12.4 Å². The van der Waals surface area contributed by atoms with Crippen molar-refractivity contribution < 1.29 is 0 Å². The van der Waals surface area contributed by atoms with Gasteiger partial charge in [-0.1, -0.05) is 37.3 Å². The van der Waals surface area contributed by atoms with Gasteiger partial charge in [0.1, 0.15) is 11.5 Å². The van der Waals surface area contributed by atoms with Crippen molar-refractivity contribution in [1.82, 2.24) is 9.97 Å². The van der Waals surface area contributed by atoms with Crippen molar-refractivity contribution in [2.24, 2.45) is 5.92 Å². The van der Waals surface area contributed by atoms with E-state index < -0.39 is 0 Å². The molecule has 1 heterocycles. The third-order valence-electron chi connectivity index (χ3n) is 2.97. The highest BCUT2D eigenvalue weighted by Crippen LogP contribution is 2.28. The maximum atomic E-state index is 5.79. The zero-order valence-electron chi connectivity index (χ0n) is 8.25. The minimum absolute atomic E-state index is 0.557. The first-order valence-corrected chi connectivity index (χ1v) is 5.69. The van der Waals surface area contributed by atoms with Gasteiger partial charge >= 0.3 is 0 Å². The molecule has 0 radical (unpaired) electrons. The lowest BCUT2D eigenvalue weighted by atomic mass is 10.0. The van der Waals surface area contributed by atoms with E-state index in [1.807, 2.05) is 6.07 Å². The highest BCUT2D eigenvalue weighted by atomic mass is 35.5. The maximum Gasteiger partial charge on any atom is 0.132 e. The monoisotopic (exact) mass is 210 g/mol. The first kappa shape index (κ1) is 9.91. The molecule has 0 saturated heterocycles. The molecule has 76 valence electrons. The van der Waals surface area contributed by atoms with Crippen molar-refractivity contribution in [2.75, 3.05) is 0 Å². The van der Waals surface area contributed by atoms with Crippen LogP contribution in [0.2, 0.25) is 5.15 Å². The van der Waals surface area contributed by atoms with Crippen LogP contribution >= 0.6 is 11.6 Å². The standard InChI is InChI=1S/C11H15ClN2/c12-11-7-10(13-8-14-11)6-5-9-3-1-2-4-9/h7-9H,1-6H2. The molecule has 2 nitrogen and oxygen atoms in total. The molecule has 1 fully saturated rings. The summed E-state index contributed by atoms with van der Waals surface area (Å²) < 4.78 is 0. The molecule has 1 aliphatic rings. The van der Waals surface area contributed by atoms with Gasteiger partial charge in [-0.3, -0.25) is 0 Å². The van der Waals surface area contributed by atoms with Crippen molar-refractivity contribution in [3.05, 3.63) is 23.2 Å². The molecule has 0 unspecified atom stereocenters. The summed E-state index contributed by atoms with van der Waals surface area (Å²) in [7, 11) is 0. The number of hydrogen-bond acceptors (Lipinski definition) is 2. The largest absolute Gasteiger partial charge is 0.241 e. The summed E-state index contributed by atoms with van der Waals surface area (Å²) in [5.41, 5.74) is 1.08. The highest BCUT2D eigenvalue weighted by molar-refractivity contribution is 6.29. The summed E-state index contributed by atoms with van der Waals surface area (Å²) >= 11 is 5.79. The van der Waals surface area contributed by atoms with Crippen LogP contribution in [0.4, 0.5) is 0 Å². The summed E-state index contributed by atoms with van der Waals surface area (Å²) in [4.78, 5) is 8.08. The third kappa shape index (κ3) is 2.68. The van der Waals surface area contributed by atoms with Crippen LogP contribution < -0.4 is 0 Å². The van der Waals surface area contributed by atoms with Gasteiger partial charge in [0.15, 0.2) is 0 Å². The maximum absolute atomic E-state index is 5.79. The van der Waals surface area contributed by atoms with Crippen LogP contribution in [0.5, 0.6) is 0 Å². The fourth-order valence-corrected chi connectivity index (χ4v) is 2.33. The second kappa shape index (κ2) is 4.74. The predicted molar refractivity (Wildman–Crippen MR) is 57.3 cm³/mol. The zero-order valence-corrected chi connectivity index (χ0v) is 9.00. The van der Waals surface area contributed by atoms with Gasteiger partial charge in [0.05, 0.1) is 0 Å². The zero-order chi connectivity index (χ0) is 9.80. The van der Waals surface area contributed by atoms with Crippen LogP contribution in [-0.2, 0) is 6.42 Å². The number of nitrogens with zero attached hydrogens (tertiary/aromatic N) is 2. The van der Waals surface area contributed by atoms with Crippen molar-refractivity contribution in [3.8, 4) is 0 Å². The number of aryl methyl sites for hydroxylation is 1. The first-order valence-electron chi connectivity index (χ1n) is 5.31. The summed E-state index contributed by atoms with van der Waals surface area (Å²) in [6.07, 6.45) is 9.48. The van der Waals surface area contributed by atoms with Crippen molar-refractivity contribution in [3.63, 3.8) is 0 Å². The van der Waals surface area contributed by atoms with Gasteiger partial charge in [0.25, 0.3) is 0 Å². The van der Waals surface area contributed by atoms with Crippen LogP contribution in [0, 0.1) is 5.92 Å².